The molecule has 0 bridgehead atoms. The Hall–Kier alpha value is -2.79. The lowest BCUT2D eigenvalue weighted by Crippen LogP contribution is -2.67. The van der Waals surface area contributed by atoms with E-state index in [1.54, 1.807) is 9.80 Å². The summed E-state index contributed by atoms with van der Waals surface area (Å²) >= 11 is 6.12. The maximum Gasteiger partial charge on any atom is 0.254 e. The smallest absolute Gasteiger partial charge is 0.254 e. The summed E-state index contributed by atoms with van der Waals surface area (Å²) in [6.07, 6.45) is 0.821. The van der Waals surface area contributed by atoms with Gasteiger partial charge in [0.2, 0.25) is 5.91 Å². The first-order chi connectivity index (χ1) is 14.4. The fourth-order valence-electron chi connectivity index (χ4n) is 5.12. The number of hydrogen-bond donors (Lipinski definition) is 1. The number of piperazine rings is 1. The highest BCUT2D eigenvalue weighted by molar-refractivity contribution is 6.30. The average molecular weight is 422 g/mol. The minimum Gasteiger partial charge on any atom is -0.356 e. The number of nitrogens with one attached hydrogen (secondary N) is 1. The lowest BCUT2D eigenvalue weighted by atomic mass is 9.76. The van der Waals surface area contributed by atoms with Gasteiger partial charge >= 0.3 is 0 Å². The van der Waals surface area contributed by atoms with Gasteiger partial charge in [-0.25, -0.2) is 0 Å². The molecule has 0 spiro atoms. The number of para-hydroxylation sites is 1. The Morgan fingerprint density at radius 2 is 1.87 bits per heavy atom. The van der Waals surface area contributed by atoms with Gasteiger partial charge in [0, 0.05) is 34.9 Å². The third kappa shape index (κ3) is 2.61. The predicted octanol–water partition coefficient (Wildman–Crippen LogP) is 4.26. The van der Waals surface area contributed by atoms with Crippen LogP contribution in [0, 0.1) is 0 Å². The predicted molar refractivity (Wildman–Crippen MR) is 118 cm³/mol. The van der Waals surface area contributed by atoms with E-state index in [1.807, 2.05) is 56.3 Å². The Bertz CT molecular complexity index is 1150. The molecule has 0 radical (unpaired) electrons. The molecule has 6 heteroatoms. The maximum absolute atomic E-state index is 13.6. The first kappa shape index (κ1) is 19.2. The second kappa shape index (κ2) is 6.88. The van der Waals surface area contributed by atoms with E-state index in [0.717, 1.165) is 34.1 Å². The van der Waals surface area contributed by atoms with Crippen molar-refractivity contribution in [3.63, 3.8) is 0 Å². The summed E-state index contributed by atoms with van der Waals surface area (Å²) in [5, 5.41) is 1.78. The molecule has 0 saturated carbocycles. The molecule has 2 aliphatic rings. The molecule has 154 valence electrons. The van der Waals surface area contributed by atoms with Crippen LogP contribution in [-0.4, -0.2) is 46.2 Å². The summed E-state index contributed by atoms with van der Waals surface area (Å²) < 4.78 is 0. The van der Waals surface area contributed by atoms with Crippen LogP contribution in [0.4, 0.5) is 0 Å². The van der Waals surface area contributed by atoms with Crippen molar-refractivity contribution in [1.82, 2.24) is 14.8 Å². The van der Waals surface area contributed by atoms with Crippen molar-refractivity contribution in [1.29, 1.82) is 0 Å². The number of halogens is 1. The Morgan fingerprint density at radius 3 is 2.60 bits per heavy atom. The number of carbonyl (C=O) groups is 2. The van der Waals surface area contributed by atoms with Gasteiger partial charge in [-0.2, -0.15) is 0 Å². The van der Waals surface area contributed by atoms with E-state index >= 15 is 0 Å². The van der Waals surface area contributed by atoms with E-state index in [9.17, 15) is 9.59 Å². The molecule has 3 heterocycles. The molecule has 5 nitrogen and oxygen atoms in total. The van der Waals surface area contributed by atoms with E-state index in [1.165, 1.54) is 0 Å². The number of aromatic nitrogens is 1. The number of fused-ring (bicyclic) bond motifs is 5. The molecular formula is C24H24ClN3O2. The topological polar surface area (TPSA) is 56.4 Å². The van der Waals surface area contributed by atoms with Crippen molar-refractivity contribution in [2.45, 2.75) is 31.7 Å². The Balaban J connectivity index is 1.76. The molecule has 30 heavy (non-hydrogen) atoms. The van der Waals surface area contributed by atoms with Gasteiger partial charge in [-0.1, -0.05) is 48.9 Å². The van der Waals surface area contributed by atoms with Crippen molar-refractivity contribution >= 4 is 34.3 Å². The summed E-state index contributed by atoms with van der Waals surface area (Å²) in [6.45, 7) is 5.12. The molecule has 1 aromatic heterocycles. The van der Waals surface area contributed by atoms with E-state index in [4.69, 9.17) is 11.6 Å². The second-order valence-corrected chi connectivity index (χ2v) is 8.80. The molecule has 3 aromatic rings. The van der Waals surface area contributed by atoms with Crippen molar-refractivity contribution in [3.05, 3.63) is 70.4 Å². The van der Waals surface area contributed by atoms with Crippen LogP contribution in [0.2, 0.25) is 5.02 Å². The van der Waals surface area contributed by atoms with Crippen molar-refractivity contribution < 1.29 is 9.59 Å². The van der Waals surface area contributed by atoms with Crippen LogP contribution >= 0.6 is 11.6 Å². The number of amides is 2. The van der Waals surface area contributed by atoms with Crippen molar-refractivity contribution in [2.75, 3.05) is 19.6 Å². The number of aromatic amines is 1. The first-order valence-corrected chi connectivity index (χ1v) is 10.8. The van der Waals surface area contributed by atoms with Crippen LogP contribution in [0.3, 0.4) is 0 Å². The number of carbonyl (C=O) groups excluding carboxylic acids is 2. The minimum atomic E-state index is -1.03. The minimum absolute atomic E-state index is 0.00572. The van der Waals surface area contributed by atoms with Crippen LogP contribution in [0.5, 0.6) is 0 Å². The second-order valence-electron chi connectivity index (χ2n) is 8.37. The molecule has 2 aliphatic heterocycles. The van der Waals surface area contributed by atoms with Gasteiger partial charge in [-0.05, 0) is 42.7 Å². The molecule has 1 fully saturated rings. The largest absolute Gasteiger partial charge is 0.356 e. The van der Waals surface area contributed by atoms with Gasteiger partial charge in [0.05, 0.1) is 12.2 Å². The normalized spacial score (nSPS) is 23.6. The number of benzene rings is 2. The maximum atomic E-state index is 13.6. The molecule has 2 aromatic carbocycles. The molecule has 5 rings (SSSR count). The third-order valence-corrected chi connectivity index (χ3v) is 6.84. The molecule has 1 N–H and O–H groups in total. The fraction of sp³-hybridized carbons (Fsp3) is 0.333. The number of hydrogen-bond acceptors (Lipinski definition) is 2. The Morgan fingerprint density at radius 1 is 1.13 bits per heavy atom. The lowest BCUT2D eigenvalue weighted by Gasteiger charge is -2.51. The number of rotatable bonds is 3. The van der Waals surface area contributed by atoms with E-state index in [2.05, 4.69) is 11.1 Å². The van der Waals surface area contributed by atoms with Crippen molar-refractivity contribution in [2.24, 2.45) is 0 Å². The summed E-state index contributed by atoms with van der Waals surface area (Å²) in [5.41, 5.74) is 2.98. The standard InChI is InChI=1S/C24H24ClN3O2/c1-3-12-27-14-20(29)28-13-18(15-8-10-16(25)11-9-15)21-17-6-4-5-7-19(17)26-22(21)24(28,2)23(27)30/h4-11,18,26H,3,12-14H2,1-2H3/t18-,24-/m1/s1. The summed E-state index contributed by atoms with van der Waals surface area (Å²) in [5.74, 6) is -0.0453. The molecule has 2 atom stereocenters. The SMILES string of the molecule is CCCN1CC(=O)N2C[C@H](c3ccc(Cl)cc3)c3c([nH]c4ccccc34)[C@]2(C)C1=O. The van der Waals surface area contributed by atoms with Crippen LogP contribution in [0.1, 0.15) is 43.0 Å². The fourth-order valence-corrected chi connectivity index (χ4v) is 5.25. The van der Waals surface area contributed by atoms with Gasteiger partial charge in [-0.3, -0.25) is 9.59 Å². The third-order valence-electron chi connectivity index (χ3n) is 6.58. The molecule has 2 amide bonds. The van der Waals surface area contributed by atoms with Crippen LogP contribution in [0.25, 0.3) is 10.9 Å². The molecule has 0 aliphatic carbocycles. The van der Waals surface area contributed by atoms with E-state index in [0.29, 0.717) is 18.1 Å². The highest BCUT2D eigenvalue weighted by Gasteiger charge is 2.55. The van der Waals surface area contributed by atoms with Crippen LogP contribution in [0.15, 0.2) is 48.5 Å². The van der Waals surface area contributed by atoms with Gasteiger partial charge in [0.15, 0.2) is 5.54 Å². The number of nitrogens with zero attached hydrogens (tertiary/aromatic N) is 2. The molecule has 1 saturated heterocycles. The zero-order valence-electron chi connectivity index (χ0n) is 17.1. The Kier molecular flexibility index (Phi) is 4.40. The van der Waals surface area contributed by atoms with Crippen LogP contribution < -0.4 is 0 Å². The highest BCUT2D eigenvalue weighted by Crippen LogP contribution is 2.48. The molecule has 0 unspecified atom stereocenters. The van der Waals surface area contributed by atoms with Gasteiger partial charge in [0.25, 0.3) is 5.91 Å². The first-order valence-electron chi connectivity index (χ1n) is 10.4. The average Bonchev–Trinajstić information content (AvgIpc) is 3.14. The van der Waals surface area contributed by atoms with Gasteiger partial charge < -0.3 is 14.8 Å². The zero-order chi connectivity index (χ0) is 21.0. The Labute approximate surface area is 180 Å². The highest BCUT2D eigenvalue weighted by atomic mass is 35.5. The van der Waals surface area contributed by atoms with Crippen LogP contribution in [-0.2, 0) is 15.1 Å². The summed E-state index contributed by atoms with van der Waals surface area (Å²) in [4.78, 5) is 33.9. The van der Waals surface area contributed by atoms with Gasteiger partial charge in [-0.15, -0.1) is 0 Å². The van der Waals surface area contributed by atoms with E-state index in [-0.39, 0.29) is 24.3 Å². The number of H-pyrrole nitrogens is 1. The summed E-state index contributed by atoms with van der Waals surface area (Å²) in [6, 6.07) is 15.9. The quantitative estimate of drug-likeness (QED) is 0.686. The van der Waals surface area contributed by atoms with Gasteiger partial charge in [0.1, 0.15) is 0 Å². The zero-order valence-corrected chi connectivity index (χ0v) is 17.9. The lowest BCUT2D eigenvalue weighted by molar-refractivity contribution is -0.166. The summed E-state index contributed by atoms with van der Waals surface area (Å²) in [7, 11) is 0. The van der Waals surface area contributed by atoms with E-state index < -0.39 is 5.54 Å². The molecular weight excluding hydrogens is 398 g/mol. The monoisotopic (exact) mass is 421 g/mol. The van der Waals surface area contributed by atoms with Crippen molar-refractivity contribution in [3.8, 4) is 0 Å².